The van der Waals surface area contributed by atoms with E-state index >= 15 is 0 Å². The Kier molecular flexibility index (Phi) is 5.28. The first-order valence-electron chi connectivity index (χ1n) is 8.69. The van der Waals surface area contributed by atoms with E-state index in [0.717, 1.165) is 27.6 Å². The van der Waals surface area contributed by atoms with E-state index in [1.807, 2.05) is 67.6 Å². The molecule has 0 saturated heterocycles. The van der Waals surface area contributed by atoms with Gasteiger partial charge in [-0.1, -0.05) is 71.8 Å². The molecular weight excluding hydrogens is 394 g/mol. The van der Waals surface area contributed by atoms with Gasteiger partial charge in [-0.25, -0.2) is 8.93 Å². The van der Waals surface area contributed by atoms with Crippen molar-refractivity contribution in [2.75, 3.05) is 0 Å². The Morgan fingerprint density at radius 1 is 1.11 bits per heavy atom. The highest BCUT2D eigenvalue weighted by Gasteiger charge is 2.22. The average molecular weight is 412 g/mol. The molecule has 7 heteroatoms. The molecule has 0 aliphatic rings. The van der Waals surface area contributed by atoms with Gasteiger partial charge in [0.15, 0.2) is 0 Å². The van der Waals surface area contributed by atoms with Gasteiger partial charge in [-0.15, -0.1) is 0 Å². The molecule has 2 unspecified atom stereocenters. The highest BCUT2D eigenvalue weighted by atomic mass is 35.5. The minimum absolute atomic E-state index is 0.527. The molecule has 4 aromatic rings. The summed E-state index contributed by atoms with van der Waals surface area (Å²) < 4.78 is 23.8. The number of H-pyrrole nitrogens is 1. The maximum atomic E-state index is 11.6. The number of aromatic amines is 1. The molecule has 3 N–H and O–H groups in total. The van der Waals surface area contributed by atoms with Crippen LogP contribution in [-0.4, -0.2) is 19.0 Å². The molecule has 0 saturated carbocycles. The zero-order valence-corrected chi connectivity index (χ0v) is 16.6. The second-order valence-electron chi connectivity index (χ2n) is 6.56. The van der Waals surface area contributed by atoms with E-state index in [1.54, 1.807) is 6.07 Å². The van der Waals surface area contributed by atoms with E-state index in [4.69, 9.17) is 11.6 Å². The van der Waals surface area contributed by atoms with E-state index in [1.165, 1.54) is 0 Å². The van der Waals surface area contributed by atoms with Gasteiger partial charge in [0, 0.05) is 10.9 Å². The standard InChI is InChI=1S/C21H18ClN3O2S/c1-13-7-9-15(10-8-13)20(25-28(26)27)21-17-11-16(14-5-3-2-4-6-14)18(22)12-19(17)23-24-21/h2-12,20,25H,1H3,(H,23,24)(H,26,27). The van der Waals surface area contributed by atoms with Gasteiger partial charge in [-0.3, -0.25) is 9.65 Å². The van der Waals surface area contributed by atoms with Gasteiger partial charge in [0.05, 0.1) is 22.3 Å². The number of aromatic nitrogens is 2. The van der Waals surface area contributed by atoms with Gasteiger partial charge in [-0.05, 0) is 30.2 Å². The van der Waals surface area contributed by atoms with Crippen molar-refractivity contribution in [3.63, 3.8) is 0 Å². The van der Waals surface area contributed by atoms with Crippen LogP contribution in [-0.2, 0) is 11.3 Å². The molecule has 0 aliphatic heterocycles. The van der Waals surface area contributed by atoms with Crippen molar-refractivity contribution in [2.45, 2.75) is 13.0 Å². The summed E-state index contributed by atoms with van der Waals surface area (Å²) in [5.41, 5.74) is 5.24. The van der Waals surface area contributed by atoms with Crippen LogP contribution >= 0.6 is 11.6 Å². The van der Waals surface area contributed by atoms with Crippen LogP contribution in [0.15, 0.2) is 66.7 Å². The first-order valence-corrected chi connectivity index (χ1v) is 10.2. The first kappa shape index (κ1) is 18.8. The molecule has 3 aromatic carbocycles. The summed E-state index contributed by atoms with van der Waals surface area (Å²) in [5.74, 6) is 0. The first-order chi connectivity index (χ1) is 13.5. The molecule has 0 bridgehead atoms. The fourth-order valence-corrected chi connectivity index (χ4v) is 3.99. The zero-order chi connectivity index (χ0) is 19.7. The van der Waals surface area contributed by atoms with Crippen LogP contribution in [0, 0.1) is 6.92 Å². The highest BCUT2D eigenvalue weighted by Crippen LogP contribution is 2.35. The number of halogens is 1. The minimum atomic E-state index is -2.20. The highest BCUT2D eigenvalue weighted by molar-refractivity contribution is 7.77. The predicted molar refractivity (Wildman–Crippen MR) is 113 cm³/mol. The molecule has 0 radical (unpaired) electrons. The monoisotopic (exact) mass is 411 g/mol. The van der Waals surface area contributed by atoms with E-state index in [2.05, 4.69) is 14.9 Å². The van der Waals surface area contributed by atoms with Crippen LogP contribution in [0.4, 0.5) is 0 Å². The summed E-state index contributed by atoms with van der Waals surface area (Å²) in [5, 5.41) is 8.82. The Hall–Kier alpha value is -2.51. The van der Waals surface area contributed by atoms with Crippen LogP contribution in [0.5, 0.6) is 0 Å². The van der Waals surface area contributed by atoms with E-state index in [-0.39, 0.29) is 0 Å². The SMILES string of the molecule is Cc1ccc(C(NS(=O)O)c2[nH]nc3cc(Cl)c(-c4ccccc4)cc23)cc1. The van der Waals surface area contributed by atoms with Crippen LogP contribution in [0.3, 0.4) is 0 Å². The second kappa shape index (κ2) is 7.85. The number of hydrogen-bond acceptors (Lipinski definition) is 2. The second-order valence-corrected chi connectivity index (χ2v) is 7.70. The van der Waals surface area contributed by atoms with Gasteiger partial charge >= 0.3 is 0 Å². The lowest BCUT2D eigenvalue weighted by atomic mass is 9.98. The zero-order valence-electron chi connectivity index (χ0n) is 15.0. The molecule has 0 amide bonds. The van der Waals surface area contributed by atoms with Crippen molar-refractivity contribution in [2.24, 2.45) is 0 Å². The van der Waals surface area contributed by atoms with E-state index in [0.29, 0.717) is 16.2 Å². The van der Waals surface area contributed by atoms with Crippen LogP contribution in [0.25, 0.3) is 22.0 Å². The summed E-state index contributed by atoms with van der Waals surface area (Å²) >= 11 is 4.29. The lowest BCUT2D eigenvalue weighted by molar-refractivity contribution is 0.539. The third-order valence-corrected chi connectivity index (χ3v) is 5.43. The molecule has 1 aromatic heterocycles. The van der Waals surface area contributed by atoms with Crippen LogP contribution in [0.2, 0.25) is 5.02 Å². The van der Waals surface area contributed by atoms with Gasteiger partial charge in [0.25, 0.3) is 0 Å². The van der Waals surface area contributed by atoms with E-state index in [9.17, 15) is 8.76 Å². The van der Waals surface area contributed by atoms with Gasteiger partial charge in [0.2, 0.25) is 11.3 Å². The number of hydrogen-bond donors (Lipinski definition) is 3. The smallest absolute Gasteiger partial charge is 0.232 e. The van der Waals surface area contributed by atoms with E-state index < -0.39 is 17.3 Å². The fraction of sp³-hybridized carbons (Fsp3) is 0.0952. The number of nitrogens with one attached hydrogen (secondary N) is 2. The van der Waals surface area contributed by atoms with Crippen molar-refractivity contribution in [1.29, 1.82) is 0 Å². The Morgan fingerprint density at radius 2 is 1.82 bits per heavy atom. The molecule has 0 aliphatic carbocycles. The van der Waals surface area contributed by atoms with Gasteiger partial charge in [-0.2, -0.15) is 5.10 Å². The lowest BCUT2D eigenvalue weighted by Crippen LogP contribution is -2.24. The normalized spacial score (nSPS) is 13.5. The Morgan fingerprint density at radius 3 is 2.50 bits per heavy atom. The van der Waals surface area contributed by atoms with Crippen molar-refractivity contribution >= 4 is 33.8 Å². The molecule has 0 spiro atoms. The van der Waals surface area contributed by atoms with Gasteiger partial charge < -0.3 is 0 Å². The van der Waals surface area contributed by atoms with Crippen molar-refractivity contribution < 1.29 is 8.76 Å². The number of nitrogens with zero attached hydrogens (tertiary/aromatic N) is 1. The average Bonchev–Trinajstić information content (AvgIpc) is 3.09. The molecule has 28 heavy (non-hydrogen) atoms. The minimum Gasteiger partial charge on any atom is -0.294 e. The molecule has 1 heterocycles. The Balaban J connectivity index is 1.88. The molecule has 142 valence electrons. The predicted octanol–water partition coefficient (Wildman–Crippen LogP) is 5.01. The number of benzene rings is 3. The summed E-state index contributed by atoms with van der Waals surface area (Å²) in [6, 6.07) is 20.9. The number of rotatable bonds is 5. The molecule has 4 rings (SSSR count). The van der Waals surface area contributed by atoms with Crippen molar-refractivity contribution in [3.05, 3.63) is 88.6 Å². The quantitative estimate of drug-likeness (QED) is 0.404. The third-order valence-electron chi connectivity index (χ3n) is 4.68. The summed E-state index contributed by atoms with van der Waals surface area (Å²) in [6.07, 6.45) is 0. The van der Waals surface area contributed by atoms with Gasteiger partial charge in [0.1, 0.15) is 0 Å². The summed E-state index contributed by atoms with van der Waals surface area (Å²) in [4.78, 5) is 0. The van der Waals surface area contributed by atoms with Crippen LogP contribution in [0.1, 0.15) is 22.9 Å². The Labute approximate surface area is 170 Å². The number of aryl methyl sites for hydroxylation is 1. The topological polar surface area (TPSA) is 78.0 Å². The third kappa shape index (κ3) is 3.72. The fourth-order valence-electron chi connectivity index (χ4n) is 3.26. The summed E-state index contributed by atoms with van der Waals surface area (Å²) in [7, 11) is 0. The maximum Gasteiger partial charge on any atom is 0.232 e. The number of fused-ring (bicyclic) bond motifs is 1. The summed E-state index contributed by atoms with van der Waals surface area (Å²) in [6.45, 7) is 2.00. The van der Waals surface area contributed by atoms with Crippen molar-refractivity contribution in [1.82, 2.24) is 14.9 Å². The molecule has 2 atom stereocenters. The molecule has 0 fully saturated rings. The lowest BCUT2D eigenvalue weighted by Gasteiger charge is -2.16. The maximum absolute atomic E-state index is 11.6. The molecule has 5 nitrogen and oxygen atoms in total. The Bertz CT molecular complexity index is 1140. The van der Waals surface area contributed by atoms with Crippen LogP contribution < -0.4 is 4.72 Å². The largest absolute Gasteiger partial charge is 0.294 e. The van der Waals surface area contributed by atoms with Crippen molar-refractivity contribution in [3.8, 4) is 11.1 Å². The molecular formula is C21H18ClN3O2S.